The van der Waals surface area contributed by atoms with Crippen molar-refractivity contribution in [3.63, 3.8) is 0 Å². The Morgan fingerprint density at radius 2 is 1.01 bits per heavy atom. The fourth-order valence-electron chi connectivity index (χ4n) is 8.42. The highest BCUT2D eigenvalue weighted by atomic mass is 35.5. The second-order valence-electron chi connectivity index (χ2n) is 19.9. The molecule has 4 N–H and O–H groups in total. The monoisotopic (exact) mass is 985 g/mol. The summed E-state index contributed by atoms with van der Waals surface area (Å²) in [6, 6.07) is -1.32. The van der Waals surface area contributed by atoms with Crippen LogP contribution in [0.5, 0.6) is 0 Å². The first kappa shape index (κ1) is 66.6. The summed E-state index contributed by atoms with van der Waals surface area (Å²) in [7, 11) is 3.47. The lowest BCUT2D eigenvalue weighted by molar-refractivity contribution is -0.146. The van der Waals surface area contributed by atoms with E-state index in [-0.39, 0.29) is 89.9 Å². The number of nitrogens with zero attached hydrogens (tertiary/aromatic N) is 4. The number of rotatable bonds is 21. The molecule has 0 aliphatic carbocycles. The van der Waals surface area contributed by atoms with E-state index in [1.807, 2.05) is 55.4 Å². The van der Waals surface area contributed by atoms with E-state index in [2.05, 4.69) is 42.8 Å². The van der Waals surface area contributed by atoms with Crippen molar-refractivity contribution in [2.24, 2.45) is 29.4 Å². The van der Waals surface area contributed by atoms with Gasteiger partial charge in [-0.3, -0.25) is 29.0 Å². The standard InChI is InChI=1S/C26H47N3O4.C16H30N2O3.C10H19NO2.ClH/c1-10-20(8)29-15-13-12-14-21(29)24(30)27-23(18(5)6)25(31)28(9)22(17(3)4)16-19(7)26(32)33-11-2;1-8-21-16(20)12(6)9-13(10(2)3)18(7)15(19)14(17)11(4)5;1-3-8(2)11-7-5-4-6-9(11)10(12)13;/h16-18,20-23H,10-15H2,1-9H3,(H,27,30);9-11,13-14H,8,17H2,1-7H3;8-9H,3-7H2,1-2H3,(H,12,13);1H/b19-16+;12-9+;;/t20?,21-,22-,23+;13-,14+;8?,9-;/m111./s1. The second kappa shape index (κ2) is 33.9. The van der Waals surface area contributed by atoms with Crippen molar-refractivity contribution in [2.45, 2.75) is 210 Å². The maximum Gasteiger partial charge on any atom is 0.333 e. The average molecular weight is 986 g/mol. The van der Waals surface area contributed by atoms with Gasteiger partial charge >= 0.3 is 17.9 Å². The largest absolute Gasteiger partial charge is 0.480 e. The third-order valence-corrected chi connectivity index (χ3v) is 13.2. The van der Waals surface area contributed by atoms with E-state index in [1.165, 1.54) is 0 Å². The molecule has 0 aromatic rings. The Morgan fingerprint density at radius 1 is 0.632 bits per heavy atom. The van der Waals surface area contributed by atoms with Gasteiger partial charge in [0.05, 0.1) is 37.4 Å². The normalized spacial score (nSPS) is 19.7. The van der Waals surface area contributed by atoms with Crippen molar-refractivity contribution in [1.82, 2.24) is 24.9 Å². The number of carboxylic acid groups (broad SMARTS) is 1. The minimum absolute atomic E-state index is 0. The number of piperidine rings is 2. The average Bonchev–Trinajstić information content (AvgIpc) is 3.29. The summed E-state index contributed by atoms with van der Waals surface area (Å²) in [4.78, 5) is 81.7. The van der Waals surface area contributed by atoms with Crippen molar-refractivity contribution in [3.05, 3.63) is 23.3 Å². The Balaban J connectivity index is 0. The highest BCUT2D eigenvalue weighted by Gasteiger charge is 2.37. The van der Waals surface area contributed by atoms with E-state index in [4.69, 9.17) is 20.3 Å². The molecule has 15 nitrogen and oxygen atoms in total. The molecule has 2 unspecified atom stereocenters. The summed E-state index contributed by atoms with van der Waals surface area (Å²) in [6.07, 6.45) is 11.6. The number of nitrogens with one attached hydrogen (secondary N) is 1. The molecule has 3 amide bonds. The highest BCUT2D eigenvalue weighted by Crippen LogP contribution is 2.24. The topological polar surface area (TPSA) is 192 Å². The van der Waals surface area contributed by atoms with Gasteiger partial charge in [-0.25, -0.2) is 9.59 Å². The molecule has 0 saturated carbocycles. The number of likely N-dealkylation sites (tertiary alicyclic amines) is 2. The molecule has 2 heterocycles. The van der Waals surface area contributed by atoms with Crippen LogP contribution < -0.4 is 11.1 Å². The Labute approximate surface area is 418 Å². The number of likely N-dealkylation sites (N-methyl/N-ethyl adjacent to an activating group) is 2. The van der Waals surface area contributed by atoms with Gasteiger partial charge in [-0.05, 0) is 117 Å². The van der Waals surface area contributed by atoms with Crippen molar-refractivity contribution in [1.29, 1.82) is 0 Å². The second-order valence-corrected chi connectivity index (χ2v) is 19.9. The number of carbonyl (C=O) groups excluding carboxylic acids is 5. The molecular formula is C52H97ClN6O9. The van der Waals surface area contributed by atoms with Crippen LogP contribution in [-0.4, -0.2) is 149 Å². The number of hydrogen-bond acceptors (Lipinski definition) is 11. The molecule has 396 valence electrons. The van der Waals surface area contributed by atoms with Gasteiger partial charge in [-0.1, -0.05) is 94.2 Å². The third-order valence-electron chi connectivity index (χ3n) is 13.2. The maximum absolute atomic E-state index is 13.5. The van der Waals surface area contributed by atoms with E-state index in [0.29, 0.717) is 36.4 Å². The van der Waals surface area contributed by atoms with Crippen LogP contribution in [0.4, 0.5) is 0 Å². The summed E-state index contributed by atoms with van der Waals surface area (Å²) in [5.41, 5.74) is 6.92. The Morgan fingerprint density at radius 3 is 1.35 bits per heavy atom. The number of carboxylic acids is 1. The van der Waals surface area contributed by atoms with Crippen molar-refractivity contribution >= 4 is 48.0 Å². The first-order valence-corrected chi connectivity index (χ1v) is 25.3. The van der Waals surface area contributed by atoms with Crippen LogP contribution in [0.2, 0.25) is 0 Å². The molecule has 0 spiro atoms. The van der Waals surface area contributed by atoms with Gasteiger partial charge in [0.1, 0.15) is 12.1 Å². The lowest BCUT2D eigenvalue weighted by atomic mass is 9.95. The van der Waals surface area contributed by atoms with Crippen LogP contribution >= 0.6 is 12.4 Å². The minimum Gasteiger partial charge on any atom is -0.480 e. The molecule has 68 heavy (non-hydrogen) atoms. The van der Waals surface area contributed by atoms with Crippen LogP contribution in [0.25, 0.3) is 0 Å². The van der Waals surface area contributed by atoms with Crippen LogP contribution in [0.3, 0.4) is 0 Å². The van der Waals surface area contributed by atoms with Gasteiger partial charge in [-0.15, -0.1) is 12.4 Å². The fraction of sp³-hybridized carbons (Fsp3) is 0.808. The molecule has 0 bridgehead atoms. The Hall–Kier alpha value is -3.53. The maximum atomic E-state index is 13.5. The predicted molar refractivity (Wildman–Crippen MR) is 276 cm³/mol. The number of nitrogens with two attached hydrogens (primary N) is 1. The van der Waals surface area contributed by atoms with E-state index in [9.17, 15) is 28.8 Å². The summed E-state index contributed by atoms with van der Waals surface area (Å²) in [6.45, 7) is 33.8. The molecule has 2 fully saturated rings. The number of amides is 3. The molecule has 2 aliphatic rings. The number of carbonyl (C=O) groups is 6. The first-order chi connectivity index (χ1) is 31.2. The van der Waals surface area contributed by atoms with E-state index in [1.54, 1.807) is 63.7 Å². The molecule has 2 aliphatic heterocycles. The highest BCUT2D eigenvalue weighted by molar-refractivity contribution is 5.91. The minimum atomic E-state index is -0.653. The molecule has 0 aromatic carbocycles. The molecular weight excluding hydrogens is 888 g/mol. The SMILES string of the molecule is CCC(C)N1CCCC[C@@H]1C(=O)O.CCOC(=O)/C(C)=C/[C@H](C(C)C)N(C)C(=O)[C@@H](N)C(C)C.CCOC(=O)/C(C)=C/[C@H](C(C)C)N(C)C(=O)[C@@H](NC(=O)[C@H]1CCCCN1C(C)CC)C(C)C.Cl. The van der Waals surface area contributed by atoms with Crippen LogP contribution in [0.15, 0.2) is 23.3 Å². The van der Waals surface area contributed by atoms with Crippen LogP contribution in [-0.2, 0) is 38.2 Å². The third kappa shape index (κ3) is 21.6. The summed E-state index contributed by atoms with van der Waals surface area (Å²) in [5, 5.41) is 12.1. The van der Waals surface area contributed by atoms with Gasteiger partial charge in [0.2, 0.25) is 17.7 Å². The molecule has 2 rings (SSSR count). The zero-order valence-electron chi connectivity index (χ0n) is 45.6. The van der Waals surface area contributed by atoms with E-state index in [0.717, 1.165) is 64.5 Å². The van der Waals surface area contributed by atoms with E-state index >= 15 is 0 Å². The van der Waals surface area contributed by atoms with Crippen LogP contribution in [0.1, 0.15) is 162 Å². The number of esters is 2. The van der Waals surface area contributed by atoms with Crippen molar-refractivity contribution in [2.75, 3.05) is 40.4 Å². The van der Waals surface area contributed by atoms with Gasteiger partial charge in [-0.2, -0.15) is 0 Å². The Kier molecular flexibility index (Phi) is 33.2. The quantitative estimate of drug-likeness (QED) is 0.0746. The molecule has 16 heteroatoms. The number of halogens is 1. The van der Waals surface area contributed by atoms with Gasteiger partial charge in [0.25, 0.3) is 0 Å². The predicted octanol–water partition coefficient (Wildman–Crippen LogP) is 7.88. The van der Waals surface area contributed by atoms with Gasteiger partial charge in [0, 0.05) is 37.3 Å². The van der Waals surface area contributed by atoms with Gasteiger partial charge in [0.15, 0.2) is 0 Å². The summed E-state index contributed by atoms with van der Waals surface area (Å²) >= 11 is 0. The van der Waals surface area contributed by atoms with Crippen molar-refractivity contribution < 1.29 is 43.3 Å². The molecule has 2 saturated heterocycles. The van der Waals surface area contributed by atoms with Gasteiger partial charge < -0.3 is 35.4 Å². The number of hydrogen-bond donors (Lipinski definition) is 3. The smallest absolute Gasteiger partial charge is 0.333 e. The van der Waals surface area contributed by atoms with Crippen LogP contribution in [0, 0.1) is 23.7 Å². The summed E-state index contributed by atoms with van der Waals surface area (Å²) < 4.78 is 10.1. The zero-order valence-corrected chi connectivity index (χ0v) is 46.4. The molecule has 0 radical (unpaired) electrons. The first-order valence-electron chi connectivity index (χ1n) is 25.3. The van der Waals surface area contributed by atoms with E-state index < -0.39 is 18.1 Å². The van der Waals surface area contributed by atoms with Crippen molar-refractivity contribution in [3.8, 4) is 0 Å². The lowest BCUT2D eigenvalue weighted by Crippen LogP contribution is -2.59. The number of aliphatic carboxylic acids is 1. The fourth-order valence-corrected chi connectivity index (χ4v) is 8.42. The zero-order chi connectivity index (χ0) is 51.9. The Bertz CT molecular complexity index is 1600. The molecule has 8 atom stereocenters. The summed E-state index contributed by atoms with van der Waals surface area (Å²) in [5.74, 6) is -1.43. The number of ether oxygens (including phenoxy) is 2. The lowest BCUT2D eigenvalue weighted by Gasteiger charge is -2.40. The molecule has 0 aromatic heterocycles.